The number of aromatic nitrogens is 4. The molecular formula is C18H19N7O. The van der Waals surface area contributed by atoms with Crippen LogP contribution in [0.4, 0.5) is 23.1 Å². The smallest absolute Gasteiger partial charge is 0.231 e. The first-order valence-corrected chi connectivity index (χ1v) is 8.10. The Bertz CT molecular complexity index is 915. The van der Waals surface area contributed by atoms with Gasteiger partial charge < -0.3 is 15.4 Å². The molecule has 0 saturated carbocycles. The van der Waals surface area contributed by atoms with Crippen LogP contribution in [0.1, 0.15) is 11.3 Å². The number of ether oxygens (including phenoxy) is 1. The number of anilines is 3. The Morgan fingerprint density at radius 1 is 1.27 bits per heavy atom. The fraction of sp³-hybridized carbons (Fsp3) is 0.222. The Balaban J connectivity index is 1.67. The van der Waals surface area contributed by atoms with Gasteiger partial charge in [-0.1, -0.05) is 0 Å². The molecule has 0 atom stereocenters. The third kappa shape index (κ3) is 4.27. The molecule has 0 fully saturated rings. The van der Waals surface area contributed by atoms with Crippen LogP contribution in [0.3, 0.4) is 0 Å². The van der Waals surface area contributed by atoms with Crippen molar-refractivity contribution < 1.29 is 4.74 Å². The number of nitrogens with one attached hydrogen (secondary N) is 3. The first kappa shape index (κ1) is 17.2. The summed E-state index contributed by atoms with van der Waals surface area (Å²) < 4.78 is 5.60. The molecule has 0 aliphatic carbocycles. The van der Waals surface area contributed by atoms with Crippen LogP contribution in [0.15, 0.2) is 36.7 Å². The van der Waals surface area contributed by atoms with Crippen molar-refractivity contribution in [2.45, 2.75) is 13.8 Å². The maximum atomic E-state index is 7.40. The van der Waals surface area contributed by atoms with Crippen LogP contribution in [0.2, 0.25) is 0 Å². The number of pyridine rings is 2. The summed E-state index contributed by atoms with van der Waals surface area (Å²) in [5.74, 6) is 2.52. The molecule has 0 bridgehead atoms. The third-order valence-corrected chi connectivity index (χ3v) is 3.55. The van der Waals surface area contributed by atoms with E-state index in [-0.39, 0.29) is 0 Å². The Morgan fingerprint density at radius 3 is 2.85 bits per heavy atom. The number of hydrogen-bond acceptors (Lipinski definition) is 6. The van der Waals surface area contributed by atoms with Gasteiger partial charge in [0.05, 0.1) is 12.8 Å². The predicted molar refractivity (Wildman–Crippen MR) is 100 cm³/mol. The first-order valence-electron chi connectivity index (χ1n) is 8.10. The van der Waals surface area contributed by atoms with Gasteiger partial charge in [0.1, 0.15) is 24.0 Å². The van der Waals surface area contributed by atoms with Gasteiger partial charge in [-0.15, -0.1) is 0 Å². The summed E-state index contributed by atoms with van der Waals surface area (Å²) in [6.07, 6.45) is 3.35. The summed E-state index contributed by atoms with van der Waals surface area (Å²) in [6.45, 7) is 12.1. The molecule has 3 aromatic rings. The van der Waals surface area contributed by atoms with E-state index in [1.165, 1.54) is 0 Å². The average Bonchev–Trinajstić information content (AvgIpc) is 3.04. The fourth-order valence-electron chi connectivity index (χ4n) is 2.38. The van der Waals surface area contributed by atoms with E-state index in [9.17, 15) is 0 Å². The number of aryl methyl sites for hydroxylation is 2. The van der Waals surface area contributed by atoms with Crippen molar-refractivity contribution in [2.24, 2.45) is 0 Å². The van der Waals surface area contributed by atoms with Crippen molar-refractivity contribution in [3.05, 3.63) is 59.3 Å². The van der Waals surface area contributed by atoms with E-state index in [1.54, 1.807) is 12.4 Å². The number of rotatable bonds is 7. The molecule has 132 valence electrons. The monoisotopic (exact) mass is 349 g/mol. The maximum absolute atomic E-state index is 7.40. The van der Waals surface area contributed by atoms with Crippen LogP contribution >= 0.6 is 0 Å². The molecule has 0 saturated heterocycles. The minimum Gasteiger partial charge on any atom is -0.490 e. The van der Waals surface area contributed by atoms with Gasteiger partial charge in [0.2, 0.25) is 5.69 Å². The summed E-state index contributed by atoms with van der Waals surface area (Å²) in [5, 5.41) is 13.3. The van der Waals surface area contributed by atoms with Crippen LogP contribution < -0.4 is 15.4 Å². The molecule has 3 rings (SSSR count). The van der Waals surface area contributed by atoms with Gasteiger partial charge in [-0.2, -0.15) is 5.10 Å². The summed E-state index contributed by atoms with van der Waals surface area (Å²) in [5.41, 5.74) is 2.28. The molecule has 3 aromatic heterocycles. The maximum Gasteiger partial charge on any atom is 0.231 e. The quantitative estimate of drug-likeness (QED) is 0.446. The molecule has 0 amide bonds. The van der Waals surface area contributed by atoms with Crippen LogP contribution in [-0.2, 0) is 0 Å². The average molecular weight is 349 g/mol. The lowest BCUT2D eigenvalue weighted by atomic mass is 10.2. The van der Waals surface area contributed by atoms with E-state index in [4.69, 9.17) is 11.3 Å². The molecule has 0 aromatic carbocycles. The first-order chi connectivity index (χ1) is 12.7. The molecular weight excluding hydrogens is 330 g/mol. The zero-order valence-corrected chi connectivity index (χ0v) is 14.6. The number of hydrogen-bond donors (Lipinski definition) is 3. The summed E-state index contributed by atoms with van der Waals surface area (Å²) in [6, 6.07) is 7.37. The predicted octanol–water partition coefficient (Wildman–Crippen LogP) is 3.60. The van der Waals surface area contributed by atoms with E-state index >= 15 is 0 Å². The largest absolute Gasteiger partial charge is 0.490 e. The van der Waals surface area contributed by atoms with Gasteiger partial charge in [0, 0.05) is 24.5 Å². The van der Waals surface area contributed by atoms with E-state index in [0.29, 0.717) is 42.0 Å². The topological polar surface area (TPSA) is 92.1 Å². The highest BCUT2D eigenvalue weighted by atomic mass is 16.5. The molecule has 3 N–H and O–H groups in total. The van der Waals surface area contributed by atoms with E-state index < -0.39 is 0 Å². The van der Waals surface area contributed by atoms with Crippen molar-refractivity contribution in [3.8, 4) is 5.75 Å². The lowest BCUT2D eigenvalue weighted by Crippen LogP contribution is -2.13. The summed E-state index contributed by atoms with van der Waals surface area (Å²) in [4.78, 5) is 12.1. The van der Waals surface area contributed by atoms with Crippen LogP contribution in [0.5, 0.6) is 5.75 Å². The van der Waals surface area contributed by atoms with Crippen LogP contribution in [0, 0.1) is 20.4 Å². The van der Waals surface area contributed by atoms with Crippen molar-refractivity contribution in [3.63, 3.8) is 0 Å². The summed E-state index contributed by atoms with van der Waals surface area (Å²) >= 11 is 0. The Hall–Kier alpha value is -3.60. The third-order valence-electron chi connectivity index (χ3n) is 3.55. The fourth-order valence-corrected chi connectivity index (χ4v) is 2.38. The zero-order valence-electron chi connectivity index (χ0n) is 14.6. The zero-order chi connectivity index (χ0) is 18.4. The molecule has 3 heterocycles. The number of aromatic amines is 1. The highest BCUT2D eigenvalue weighted by Crippen LogP contribution is 2.30. The Kier molecular flexibility index (Phi) is 5.29. The molecule has 0 radical (unpaired) electrons. The summed E-state index contributed by atoms with van der Waals surface area (Å²) in [7, 11) is 0. The molecule has 0 spiro atoms. The number of H-pyrrole nitrogens is 1. The highest BCUT2D eigenvalue weighted by molar-refractivity contribution is 5.73. The van der Waals surface area contributed by atoms with Crippen molar-refractivity contribution in [2.75, 3.05) is 23.8 Å². The molecule has 0 aliphatic rings. The highest BCUT2D eigenvalue weighted by Gasteiger charge is 2.11. The lowest BCUT2D eigenvalue weighted by molar-refractivity contribution is 0.331. The minimum absolute atomic E-state index is 0.431. The van der Waals surface area contributed by atoms with Crippen LogP contribution in [0.25, 0.3) is 4.85 Å². The van der Waals surface area contributed by atoms with Crippen molar-refractivity contribution in [1.29, 1.82) is 0 Å². The minimum atomic E-state index is 0.431. The second-order valence-corrected chi connectivity index (χ2v) is 5.66. The van der Waals surface area contributed by atoms with Gasteiger partial charge in [-0.25, -0.2) is 9.83 Å². The van der Waals surface area contributed by atoms with Crippen molar-refractivity contribution in [1.82, 2.24) is 20.2 Å². The SMILES string of the molecule is [C-]#[N+]c1c(C)cc(Nc2cc(C)[nH]n2)nc1NCCOc1cccnc1. The van der Waals surface area contributed by atoms with Gasteiger partial charge >= 0.3 is 0 Å². The second-order valence-electron chi connectivity index (χ2n) is 5.66. The molecule has 26 heavy (non-hydrogen) atoms. The Labute approximate surface area is 151 Å². The molecule has 0 unspecified atom stereocenters. The van der Waals surface area contributed by atoms with E-state index in [2.05, 4.69) is 35.6 Å². The van der Waals surface area contributed by atoms with Crippen molar-refractivity contribution >= 4 is 23.1 Å². The Morgan fingerprint density at radius 2 is 2.15 bits per heavy atom. The van der Waals surface area contributed by atoms with E-state index in [0.717, 1.165) is 11.3 Å². The van der Waals surface area contributed by atoms with Gasteiger partial charge in [-0.05, 0) is 37.6 Å². The number of nitrogens with zero attached hydrogens (tertiary/aromatic N) is 4. The molecule has 0 aliphatic heterocycles. The normalized spacial score (nSPS) is 10.2. The molecule has 8 heteroatoms. The van der Waals surface area contributed by atoms with Crippen LogP contribution in [-0.4, -0.2) is 33.3 Å². The van der Waals surface area contributed by atoms with E-state index in [1.807, 2.05) is 38.1 Å². The van der Waals surface area contributed by atoms with Gasteiger partial charge in [-0.3, -0.25) is 10.1 Å². The molecule has 8 nitrogen and oxygen atoms in total. The lowest BCUT2D eigenvalue weighted by Gasteiger charge is -2.12. The second kappa shape index (κ2) is 7.98. The standard InChI is InChI=1S/C18H19N7O/c1-12-9-15(22-16-10-13(2)24-25-16)23-18(17(12)19-3)21-7-8-26-14-5-4-6-20-11-14/h4-6,9-11H,7-8H2,1-2H3,(H3,21,22,23,24,25). The van der Waals surface area contributed by atoms with Gasteiger partial charge in [0.15, 0.2) is 5.82 Å². The van der Waals surface area contributed by atoms with Gasteiger partial charge in [0.25, 0.3) is 0 Å².